The topological polar surface area (TPSA) is 38.8 Å². The maximum absolute atomic E-state index is 12.1. The molecule has 0 radical (unpaired) electrons. The van der Waals surface area contributed by atoms with E-state index < -0.39 is 0 Å². The van der Waals surface area contributed by atoms with Crippen LogP contribution in [0.4, 0.5) is 4.79 Å². The van der Waals surface area contributed by atoms with Gasteiger partial charge in [0, 0.05) is 18.3 Å². The zero-order chi connectivity index (χ0) is 17.5. The Bertz CT molecular complexity index is 665. The number of nitrogens with zero attached hydrogens (tertiary/aromatic N) is 1. The number of halogens is 1. The molecule has 1 amide bonds. The zero-order valence-electron chi connectivity index (χ0n) is 14.0. The molecule has 0 N–H and O–H groups in total. The SMILES string of the molecule is O=C1OC[C@@H]([C@H](CCl)COCc2ccccc2)N1Cc1ccccc1. The third kappa shape index (κ3) is 4.74. The number of rotatable bonds is 8. The number of alkyl halides is 1. The molecule has 132 valence electrons. The average molecular weight is 360 g/mol. The molecule has 1 fully saturated rings. The molecule has 2 atom stereocenters. The monoisotopic (exact) mass is 359 g/mol. The standard InChI is InChI=1S/C20H22ClNO3/c21-11-18(14-24-13-17-9-5-2-6-10-17)19-15-25-20(23)22(19)12-16-7-3-1-4-8-16/h1-10,18-19H,11-15H2/t18-,19+/m1/s1. The Hall–Kier alpha value is -2.04. The highest BCUT2D eigenvalue weighted by molar-refractivity contribution is 6.18. The van der Waals surface area contributed by atoms with Crippen molar-refractivity contribution < 1.29 is 14.3 Å². The second-order valence-electron chi connectivity index (χ2n) is 6.17. The largest absolute Gasteiger partial charge is 0.447 e. The van der Waals surface area contributed by atoms with E-state index in [2.05, 4.69) is 0 Å². The molecular formula is C20H22ClNO3. The van der Waals surface area contributed by atoms with Gasteiger partial charge in [0.1, 0.15) is 6.61 Å². The zero-order valence-corrected chi connectivity index (χ0v) is 14.8. The highest BCUT2D eigenvalue weighted by Crippen LogP contribution is 2.24. The molecule has 0 aliphatic carbocycles. The van der Waals surface area contributed by atoms with Crippen LogP contribution in [0, 0.1) is 5.92 Å². The summed E-state index contributed by atoms with van der Waals surface area (Å²) in [6.07, 6.45) is -0.285. The molecule has 1 saturated heterocycles. The first-order chi connectivity index (χ1) is 12.3. The van der Waals surface area contributed by atoms with Gasteiger partial charge < -0.3 is 9.47 Å². The maximum atomic E-state index is 12.1. The third-order valence-electron chi connectivity index (χ3n) is 4.39. The molecule has 1 heterocycles. The lowest BCUT2D eigenvalue weighted by atomic mass is 10.0. The molecule has 3 rings (SSSR count). The summed E-state index contributed by atoms with van der Waals surface area (Å²) in [5.41, 5.74) is 2.19. The van der Waals surface area contributed by atoms with Crippen LogP contribution in [0.2, 0.25) is 0 Å². The molecule has 4 nitrogen and oxygen atoms in total. The highest BCUT2D eigenvalue weighted by Gasteiger charge is 2.38. The number of amides is 1. The molecule has 1 aliphatic rings. The summed E-state index contributed by atoms with van der Waals surface area (Å²) >= 11 is 6.17. The van der Waals surface area contributed by atoms with Gasteiger partial charge in [0.15, 0.2) is 0 Å². The number of carbonyl (C=O) groups excluding carboxylic acids is 1. The van der Waals surface area contributed by atoms with Gasteiger partial charge in [-0.25, -0.2) is 4.79 Å². The summed E-state index contributed by atoms with van der Waals surface area (Å²) in [4.78, 5) is 13.9. The van der Waals surface area contributed by atoms with E-state index in [1.54, 1.807) is 4.90 Å². The van der Waals surface area contributed by atoms with Gasteiger partial charge in [-0.05, 0) is 11.1 Å². The highest BCUT2D eigenvalue weighted by atomic mass is 35.5. The van der Waals surface area contributed by atoms with E-state index in [1.165, 1.54) is 0 Å². The molecule has 2 aromatic carbocycles. The van der Waals surface area contributed by atoms with Crippen LogP contribution in [0.25, 0.3) is 0 Å². The molecule has 2 aromatic rings. The van der Waals surface area contributed by atoms with Gasteiger partial charge in [-0.3, -0.25) is 4.90 Å². The molecule has 0 aromatic heterocycles. The Labute approximate surface area is 153 Å². The van der Waals surface area contributed by atoms with Gasteiger partial charge in [0.05, 0.1) is 19.3 Å². The van der Waals surface area contributed by atoms with Crippen molar-refractivity contribution in [1.82, 2.24) is 4.90 Å². The fraction of sp³-hybridized carbons (Fsp3) is 0.350. The van der Waals surface area contributed by atoms with E-state index in [-0.39, 0.29) is 18.1 Å². The minimum atomic E-state index is -0.285. The Morgan fingerprint density at radius 2 is 1.72 bits per heavy atom. The fourth-order valence-electron chi connectivity index (χ4n) is 2.98. The third-order valence-corrected chi connectivity index (χ3v) is 4.79. The first kappa shape index (κ1) is 17.8. The van der Waals surface area contributed by atoms with Crippen LogP contribution in [-0.4, -0.2) is 36.1 Å². The second kappa shape index (κ2) is 8.88. The quantitative estimate of drug-likeness (QED) is 0.667. The molecule has 25 heavy (non-hydrogen) atoms. The van der Waals surface area contributed by atoms with Gasteiger partial charge in [-0.15, -0.1) is 11.6 Å². The summed E-state index contributed by atoms with van der Waals surface area (Å²) in [6.45, 7) is 1.91. The van der Waals surface area contributed by atoms with Crippen LogP contribution in [0.1, 0.15) is 11.1 Å². The maximum Gasteiger partial charge on any atom is 0.410 e. The Morgan fingerprint density at radius 1 is 1.08 bits per heavy atom. The number of ether oxygens (including phenoxy) is 2. The second-order valence-corrected chi connectivity index (χ2v) is 6.48. The van der Waals surface area contributed by atoms with Crippen LogP contribution in [0.5, 0.6) is 0 Å². The molecule has 0 saturated carbocycles. The smallest absolute Gasteiger partial charge is 0.410 e. The summed E-state index contributed by atoms with van der Waals surface area (Å²) in [6, 6.07) is 19.8. The van der Waals surface area contributed by atoms with Crippen LogP contribution < -0.4 is 0 Å². The van der Waals surface area contributed by atoms with Gasteiger partial charge in [0.2, 0.25) is 0 Å². The van der Waals surface area contributed by atoms with Gasteiger partial charge in [-0.1, -0.05) is 60.7 Å². The van der Waals surface area contributed by atoms with Gasteiger partial charge >= 0.3 is 6.09 Å². The van der Waals surface area contributed by atoms with Crippen LogP contribution in [-0.2, 0) is 22.6 Å². The normalized spacial score (nSPS) is 18.2. The lowest BCUT2D eigenvalue weighted by molar-refractivity contribution is 0.0655. The molecule has 5 heteroatoms. The minimum Gasteiger partial charge on any atom is -0.447 e. The van der Waals surface area contributed by atoms with E-state index in [9.17, 15) is 4.79 Å². The predicted octanol–water partition coefficient (Wildman–Crippen LogP) is 4.08. The van der Waals surface area contributed by atoms with Gasteiger partial charge in [0.25, 0.3) is 0 Å². The van der Waals surface area contributed by atoms with E-state index in [0.717, 1.165) is 11.1 Å². The van der Waals surface area contributed by atoms with Gasteiger partial charge in [-0.2, -0.15) is 0 Å². The van der Waals surface area contributed by atoms with Crippen molar-refractivity contribution in [3.05, 3.63) is 71.8 Å². The number of cyclic esters (lactones) is 1. The summed E-state index contributed by atoms with van der Waals surface area (Å²) in [7, 11) is 0. The predicted molar refractivity (Wildman–Crippen MR) is 97.4 cm³/mol. The number of hydrogen-bond acceptors (Lipinski definition) is 3. The minimum absolute atomic E-state index is 0.0283. The fourth-order valence-corrected chi connectivity index (χ4v) is 3.27. The first-order valence-electron chi connectivity index (χ1n) is 8.43. The lowest BCUT2D eigenvalue weighted by Gasteiger charge is -2.27. The Morgan fingerprint density at radius 3 is 2.36 bits per heavy atom. The number of carbonyl (C=O) groups is 1. The van der Waals surface area contributed by atoms with Crippen molar-refractivity contribution in [3.63, 3.8) is 0 Å². The lowest BCUT2D eigenvalue weighted by Crippen LogP contribution is -2.41. The van der Waals surface area contributed by atoms with Crippen molar-refractivity contribution in [2.75, 3.05) is 19.1 Å². The average Bonchev–Trinajstić information content (AvgIpc) is 3.01. The Kier molecular flexibility index (Phi) is 6.31. The Balaban J connectivity index is 1.59. The number of benzene rings is 2. The molecular weight excluding hydrogens is 338 g/mol. The van der Waals surface area contributed by atoms with Crippen molar-refractivity contribution in [2.24, 2.45) is 5.92 Å². The number of hydrogen-bond donors (Lipinski definition) is 0. The van der Waals surface area contributed by atoms with E-state index in [0.29, 0.717) is 32.2 Å². The molecule has 0 bridgehead atoms. The first-order valence-corrected chi connectivity index (χ1v) is 8.96. The van der Waals surface area contributed by atoms with Crippen molar-refractivity contribution in [2.45, 2.75) is 19.2 Å². The summed E-state index contributed by atoms with van der Waals surface area (Å²) < 4.78 is 11.1. The van der Waals surface area contributed by atoms with Crippen LogP contribution >= 0.6 is 11.6 Å². The van der Waals surface area contributed by atoms with Crippen LogP contribution in [0.15, 0.2) is 60.7 Å². The summed E-state index contributed by atoms with van der Waals surface area (Å²) in [5.74, 6) is 0.446. The van der Waals surface area contributed by atoms with E-state index >= 15 is 0 Å². The van der Waals surface area contributed by atoms with E-state index in [4.69, 9.17) is 21.1 Å². The van der Waals surface area contributed by atoms with Crippen molar-refractivity contribution >= 4 is 17.7 Å². The molecule has 1 aliphatic heterocycles. The molecule has 0 unspecified atom stereocenters. The van der Waals surface area contributed by atoms with E-state index in [1.807, 2.05) is 60.7 Å². The van der Waals surface area contributed by atoms with Crippen molar-refractivity contribution in [1.29, 1.82) is 0 Å². The summed E-state index contributed by atoms with van der Waals surface area (Å²) in [5, 5.41) is 0. The van der Waals surface area contributed by atoms with Crippen molar-refractivity contribution in [3.8, 4) is 0 Å². The molecule has 0 spiro atoms. The van der Waals surface area contributed by atoms with Crippen LogP contribution in [0.3, 0.4) is 0 Å².